The Kier molecular flexibility index (Phi) is 10.2. The Bertz CT molecular complexity index is 1400. The first-order chi connectivity index (χ1) is 18.3. The number of anilines is 2. The maximum absolute atomic E-state index is 12.9. The van der Waals surface area contributed by atoms with Crippen LogP contribution in [0.25, 0.3) is 11.8 Å². The standard InChI is InChI=1S/C26H33N7O4S/c1-4-23(35)32-12-10-31(11-13-32)17-22(34)30-19-9-7-8-18(14-19)29-16-21-25(37)33(6-3)26(38-21)20(15-27)24(36)28-5-2/h7-9,14,16,29H,4-6,10-13,17H2,1-3H3,(H,28,36)(H,30,34). The van der Waals surface area contributed by atoms with Crippen LogP contribution in [0.3, 0.4) is 0 Å². The smallest absolute Gasteiger partial charge is 0.270 e. The van der Waals surface area contributed by atoms with Crippen molar-refractivity contribution < 1.29 is 14.4 Å². The van der Waals surface area contributed by atoms with Crippen LogP contribution in [0.15, 0.2) is 29.1 Å². The average molecular weight is 540 g/mol. The number of rotatable bonds is 9. The predicted octanol–water partition coefficient (Wildman–Crippen LogP) is 0.0829. The zero-order valence-electron chi connectivity index (χ0n) is 21.9. The number of benzene rings is 1. The van der Waals surface area contributed by atoms with Crippen molar-refractivity contribution >= 4 is 52.2 Å². The monoisotopic (exact) mass is 539 g/mol. The maximum atomic E-state index is 12.9. The largest absolute Gasteiger partial charge is 0.360 e. The van der Waals surface area contributed by atoms with Gasteiger partial charge in [-0.05, 0) is 32.0 Å². The van der Waals surface area contributed by atoms with E-state index in [1.807, 2.05) is 22.8 Å². The number of aromatic nitrogens is 1. The van der Waals surface area contributed by atoms with Crippen molar-refractivity contribution in [1.82, 2.24) is 19.7 Å². The van der Waals surface area contributed by atoms with E-state index in [1.54, 1.807) is 38.1 Å². The highest BCUT2D eigenvalue weighted by atomic mass is 32.1. The van der Waals surface area contributed by atoms with Gasteiger partial charge in [-0.1, -0.05) is 13.0 Å². The topological polar surface area (TPSA) is 140 Å². The molecule has 1 aliphatic heterocycles. The summed E-state index contributed by atoms with van der Waals surface area (Å²) >= 11 is 1.07. The van der Waals surface area contributed by atoms with Gasteiger partial charge in [0, 0.05) is 63.3 Å². The number of hydrogen-bond donors (Lipinski definition) is 3. The lowest BCUT2D eigenvalue weighted by atomic mass is 10.2. The lowest BCUT2D eigenvalue weighted by molar-refractivity contribution is -0.132. The summed E-state index contributed by atoms with van der Waals surface area (Å²) in [5.74, 6) is -0.536. The second-order valence-electron chi connectivity index (χ2n) is 8.60. The lowest BCUT2D eigenvalue weighted by Crippen LogP contribution is -2.50. The predicted molar refractivity (Wildman–Crippen MR) is 148 cm³/mol. The van der Waals surface area contributed by atoms with E-state index in [0.29, 0.717) is 66.3 Å². The Balaban J connectivity index is 1.70. The molecule has 1 fully saturated rings. The summed E-state index contributed by atoms with van der Waals surface area (Å²) in [5, 5.41) is 18.1. The van der Waals surface area contributed by atoms with Crippen LogP contribution >= 0.6 is 11.3 Å². The van der Waals surface area contributed by atoms with Gasteiger partial charge < -0.3 is 20.9 Å². The summed E-state index contributed by atoms with van der Waals surface area (Å²) < 4.78 is 2.05. The Morgan fingerprint density at radius 3 is 2.45 bits per heavy atom. The van der Waals surface area contributed by atoms with Gasteiger partial charge in [-0.2, -0.15) is 5.26 Å². The average Bonchev–Trinajstić information content (AvgIpc) is 3.22. The molecule has 202 valence electrons. The third kappa shape index (κ3) is 7.08. The van der Waals surface area contributed by atoms with Crippen LogP contribution in [-0.4, -0.2) is 71.4 Å². The Hall–Kier alpha value is -3.95. The molecule has 11 nitrogen and oxygen atoms in total. The molecule has 0 aliphatic carbocycles. The third-order valence-electron chi connectivity index (χ3n) is 6.02. The van der Waals surface area contributed by atoms with Crippen molar-refractivity contribution in [3.05, 3.63) is 43.8 Å². The van der Waals surface area contributed by atoms with Crippen molar-refractivity contribution in [2.75, 3.05) is 49.9 Å². The molecule has 3 N–H and O–H groups in total. The summed E-state index contributed by atoms with van der Waals surface area (Å²) in [5.41, 5.74) is 0.850. The fourth-order valence-corrected chi connectivity index (χ4v) is 5.14. The molecule has 0 saturated carbocycles. The first kappa shape index (κ1) is 28.6. The Morgan fingerprint density at radius 1 is 1.11 bits per heavy atom. The van der Waals surface area contributed by atoms with E-state index < -0.39 is 5.91 Å². The molecule has 0 atom stereocenters. The molecule has 1 aromatic heterocycles. The number of carbonyl (C=O) groups excluding carboxylic acids is 3. The molecule has 2 aromatic rings. The summed E-state index contributed by atoms with van der Waals surface area (Å²) in [4.78, 5) is 53.4. The van der Waals surface area contributed by atoms with E-state index in [4.69, 9.17) is 0 Å². The van der Waals surface area contributed by atoms with E-state index in [-0.39, 0.29) is 29.5 Å². The van der Waals surface area contributed by atoms with Crippen LogP contribution in [0.5, 0.6) is 0 Å². The van der Waals surface area contributed by atoms with Crippen LogP contribution in [0.1, 0.15) is 27.2 Å². The van der Waals surface area contributed by atoms with Gasteiger partial charge in [0.25, 0.3) is 11.5 Å². The molecule has 1 aromatic carbocycles. The molecule has 3 rings (SSSR count). The number of amides is 3. The van der Waals surface area contributed by atoms with E-state index in [0.717, 1.165) is 11.3 Å². The molecule has 2 heterocycles. The van der Waals surface area contributed by atoms with Crippen molar-refractivity contribution in [2.24, 2.45) is 0 Å². The Labute approximate surface area is 225 Å². The first-order valence-electron chi connectivity index (χ1n) is 12.6. The zero-order valence-corrected chi connectivity index (χ0v) is 22.7. The zero-order chi connectivity index (χ0) is 27.7. The minimum atomic E-state index is -0.516. The summed E-state index contributed by atoms with van der Waals surface area (Å²) in [7, 11) is 0. The van der Waals surface area contributed by atoms with Gasteiger partial charge >= 0.3 is 0 Å². The van der Waals surface area contributed by atoms with E-state index in [1.165, 1.54) is 10.8 Å². The fraction of sp³-hybridized carbons (Fsp3) is 0.423. The van der Waals surface area contributed by atoms with Crippen molar-refractivity contribution in [3.8, 4) is 6.07 Å². The minimum absolute atomic E-state index is 0.0986. The second kappa shape index (κ2) is 13.6. The van der Waals surface area contributed by atoms with Gasteiger partial charge in [0.05, 0.1) is 6.54 Å². The molecule has 1 aliphatic rings. The number of nitrogens with zero attached hydrogens (tertiary/aromatic N) is 4. The summed E-state index contributed by atoms with van der Waals surface area (Å²) in [6.45, 7) is 8.84. The first-order valence-corrected chi connectivity index (χ1v) is 13.4. The fourth-order valence-electron chi connectivity index (χ4n) is 4.06. The molecule has 1 saturated heterocycles. The highest BCUT2D eigenvalue weighted by Gasteiger charge is 2.21. The van der Waals surface area contributed by atoms with Crippen molar-refractivity contribution in [3.63, 3.8) is 0 Å². The third-order valence-corrected chi connectivity index (χ3v) is 7.16. The van der Waals surface area contributed by atoms with Gasteiger partial charge in [0.1, 0.15) is 15.3 Å². The number of thiazole rings is 1. The van der Waals surface area contributed by atoms with Crippen molar-refractivity contribution in [1.29, 1.82) is 5.26 Å². The van der Waals surface area contributed by atoms with Crippen LogP contribution in [-0.2, 0) is 20.9 Å². The highest BCUT2D eigenvalue weighted by molar-refractivity contribution is 7.07. The molecule has 3 amide bonds. The number of hydrogen-bond acceptors (Lipinski definition) is 8. The van der Waals surface area contributed by atoms with Crippen LogP contribution in [0.2, 0.25) is 0 Å². The molecule has 0 bridgehead atoms. The molecule has 0 radical (unpaired) electrons. The molecule has 38 heavy (non-hydrogen) atoms. The maximum Gasteiger partial charge on any atom is 0.270 e. The number of piperazine rings is 1. The van der Waals surface area contributed by atoms with E-state index in [9.17, 15) is 24.4 Å². The summed E-state index contributed by atoms with van der Waals surface area (Å²) in [6.07, 6.45) is 2.02. The minimum Gasteiger partial charge on any atom is -0.360 e. The molecule has 0 spiro atoms. The van der Waals surface area contributed by atoms with E-state index in [2.05, 4.69) is 16.0 Å². The van der Waals surface area contributed by atoms with Crippen LogP contribution in [0.4, 0.5) is 11.4 Å². The van der Waals surface area contributed by atoms with Gasteiger partial charge in [-0.15, -0.1) is 11.3 Å². The lowest BCUT2D eigenvalue weighted by Gasteiger charge is -2.34. The van der Waals surface area contributed by atoms with Gasteiger partial charge in [0.15, 0.2) is 5.57 Å². The van der Waals surface area contributed by atoms with Crippen molar-refractivity contribution in [2.45, 2.75) is 33.7 Å². The molecular formula is C26H33N7O4S. The number of nitriles is 1. The molecule has 0 unspecified atom stereocenters. The number of nitrogens with one attached hydrogen (secondary N) is 3. The van der Waals surface area contributed by atoms with Gasteiger partial charge in [0.2, 0.25) is 11.8 Å². The summed E-state index contributed by atoms with van der Waals surface area (Å²) in [6, 6.07) is 9.02. The SMILES string of the molecule is CCNC(=O)C(C#N)=c1sc(=CNc2cccc(NC(=O)CN3CCN(C(=O)CC)CC3)c2)c(=O)n1CC. The molecule has 12 heteroatoms. The van der Waals surface area contributed by atoms with Gasteiger partial charge in [-0.3, -0.25) is 28.6 Å². The highest BCUT2D eigenvalue weighted by Crippen LogP contribution is 2.15. The second-order valence-corrected chi connectivity index (χ2v) is 9.63. The Morgan fingerprint density at radius 2 is 1.82 bits per heavy atom. The normalized spacial score (nSPS) is 15.0. The quantitative estimate of drug-likeness (QED) is 0.410. The number of carbonyl (C=O) groups is 3. The molecular weight excluding hydrogens is 506 g/mol. The van der Waals surface area contributed by atoms with Crippen LogP contribution in [0, 0.1) is 11.3 Å². The van der Waals surface area contributed by atoms with Gasteiger partial charge in [-0.25, -0.2) is 0 Å². The van der Waals surface area contributed by atoms with Crippen LogP contribution < -0.4 is 30.7 Å². The van der Waals surface area contributed by atoms with E-state index >= 15 is 0 Å².